The monoisotopic (exact) mass is 338 g/mol. The van der Waals surface area contributed by atoms with Crippen molar-refractivity contribution in [3.05, 3.63) is 75.8 Å². The molecule has 3 aromatic rings. The molecule has 128 valence electrons. The van der Waals surface area contributed by atoms with Crippen LogP contribution >= 0.6 is 0 Å². The van der Waals surface area contributed by atoms with E-state index in [1.54, 1.807) is 12.1 Å². The number of rotatable bonds is 5. The second-order valence-electron chi connectivity index (χ2n) is 5.71. The van der Waals surface area contributed by atoms with Crippen LogP contribution in [-0.4, -0.2) is 22.0 Å². The van der Waals surface area contributed by atoms with Gasteiger partial charge in [-0.25, -0.2) is 9.78 Å². The quantitative estimate of drug-likeness (QED) is 0.668. The van der Waals surface area contributed by atoms with Crippen molar-refractivity contribution in [3.63, 3.8) is 0 Å². The normalized spacial score (nSPS) is 10.6. The van der Waals surface area contributed by atoms with E-state index in [1.165, 1.54) is 10.5 Å². The molecular formula is C19H18N2O4. The summed E-state index contributed by atoms with van der Waals surface area (Å²) >= 11 is 0. The molecule has 0 unspecified atom stereocenters. The van der Waals surface area contributed by atoms with Gasteiger partial charge in [-0.2, -0.15) is 0 Å². The third-order valence-corrected chi connectivity index (χ3v) is 3.66. The Hall–Kier alpha value is -3.15. The fraction of sp³-hybridized carbons (Fsp3) is 0.211. The molecule has 0 fully saturated rings. The van der Waals surface area contributed by atoms with Gasteiger partial charge in [0.2, 0.25) is 0 Å². The number of carbonyl (C=O) groups is 1. The average molecular weight is 338 g/mol. The molecule has 0 aliphatic heterocycles. The van der Waals surface area contributed by atoms with Gasteiger partial charge in [-0.1, -0.05) is 18.2 Å². The summed E-state index contributed by atoms with van der Waals surface area (Å²) in [5, 5.41) is 0. The van der Waals surface area contributed by atoms with Gasteiger partial charge in [-0.05, 0) is 43.7 Å². The minimum atomic E-state index is -0.521. The van der Waals surface area contributed by atoms with Gasteiger partial charge in [0.25, 0.3) is 5.56 Å². The lowest BCUT2D eigenvalue weighted by atomic mass is 10.2. The van der Waals surface area contributed by atoms with Gasteiger partial charge in [0.05, 0.1) is 5.69 Å². The van der Waals surface area contributed by atoms with E-state index >= 15 is 0 Å². The summed E-state index contributed by atoms with van der Waals surface area (Å²) in [6.45, 7) is 3.50. The van der Waals surface area contributed by atoms with Gasteiger partial charge in [-0.3, -0.25) is 9.20 Å². The first-order valence-corrected chi connectivity index (χ1v) is 7.86. The molecular weight excluding hydrogens is 320 g/mol. The zero-order valence-electron chi connectivity index (χ0n) is 14.1. The summed E-state index contributed by atoms with van der Waals surface area (Å²) in [5.74, 6) is 0.0854. The van der Waals surface area contributed by atoms with Gasteiger partial charge >= 0.3 is 5.97 Å². The van der Waals surface area contributed by atoms with Crippen LogP contribution < -0.4 is 10.3 Å². The van der Waals surface area contributed by atoms with E-state index in [0.717, 1.165) is 11.3 Å². The van der Waals surface area contributed by atoms with Crippen LogP contribution in [0.15, 0.2) is 53.3 Å². The molecule has 6 heteroatoms. The van der Waals surface area contributed by atoms with Crippen LogP contribution in [0, 0.1) is 13.8 Å². The first-order chi connectivity index (χ1) is 12.0. The van der Waals surface area contributed by atoms with Crippen LogP contribution in [0.2, 0.25) is 0 Å². The van der Waals surface area contributed by atoms with Gasteiger partial charge in [-0.15, -0.1) is 0 Å². The van der Waals surface area contributed by atoms with Crippen LogP contribution in [0.3, 0.4) is 0 Å². The summed E-state index contributed by atoms with van der Waals surface area (Å²) < 4.78 is 12.0. The minimum absolute atomic E-state index is 0.0737. The number of carbonyl (C=O) groups excluding carboxylic acids is 1. The Kier molecular flexibility index (Phi) is 4.79. The van der Waals surface area contributed by atoms with Crippen molar-refractivity contribution < 1.29 is 14.3 Å². The molecule has 0 atom stereocenters. The molecule has 6 nitrogen and oxygen atoms in total. The van der Waals surface area contributed by atoms with E-state index in [-0.39, 0.29) is 18.8 Å². The average Bonchev–Trinajstić information content (AvgIpc) is 2.58. The summed E-state index contributed by atoms with van der Waals surface area (Å²) in [7, 11) is 0. The Bertz CT molecular complexity index is 979. The highest BCUT2D eigenvalue weighted by molar-refractivity contribution is 5.71. The summed E-state index contributed by atoms with van der Waals surface area (Å²) in [5.41, 5.74) is 2.56. The number of ether oxygens (including phenoxy) is 2. The smallest absolute Gasteiger partial charge is 0.344 e. The fourth-order valence-electron chi connectivity index (χ4n) is 2.48. The Labute approximate surface area is 144 Å². The highest BCUT2D eigenvalue weighted by Crippen LogP contribution is 2.12. The van der Waals surface area contributed by atoms with Crippen molar-refractivity contribution >= 4 is 11.6 Å². The highest BCUT2D eigenvalue weighted by Gasteiger charge is 2.08. The molecule has 0 spiro atoms. The molecule has 0 saturated heterocycles. The van der Waals surface area contributed by atoms with Crippen molar-refractivity contribution in [2.75, 3.05) is 6.61 Å². The number of hydrogen-bond acceptors (Lipinski definition) is 5. The Morgan fingerprint density at radius 2 is 1.92 bits per heavy atom. The lowest BCUT2D eigenvalue weighted by Gasteiger charge is -2.08. The molecule has 1 aromatic carbocycles. The van der Waals surface area contributed by atoms with Crippen LogP contribution in [0.4, 0.5) is 0 Å². The first-order valence-electron chi connectivity index (χ1n) is 7.86. The van der Waals surface area contributed by atoms with Gasteiger partial charge in [0.15, 0.2) is 6.61 Å². The summed E-state index contributed by atoms with van der Waals surface area (Å²) in [6, 6.07) is 14.2. The number of benzene rings is 1. The zero-order valence-corrected chi connectivity index (χ0v) is 14.1. The van der Waals surface area contributed by atoms with Crippen molar-refractivity contribution in [1.29, 1.82) is 0 Å². The predicted octanol–water partition coefficient (Wildman–Crippen LogP) is 2.43. The zero-order chi connectivity index (χ0) is 17.8. The van der Waals surface area contributed by atoms with E-state index in [0.29, 0.717) is 17.1 Å². The first kappa shape index (κ1) is 16.7. The second kappa shape index (κ2) is 7.17. The molecule has 0 saturated carbocycles. The third-order valence-electron chi connectivity index (χ3n) is 3.66. The van der Waals surface area contributed by atoms with E-state index in [1.807, 2.05) is 44.2 Å². The number of hydrogen-bond donors (Lipinski definition) is 0. The van der Waals surface area contributed by atoms with E-state index in [9.17, 15) is 9.59 Å². The molecule has 2 aromatic heterocycles. The molecule has 0 aliphatic carbocycles. The molecule has 0 bridgehead atoms. The second-order valence-corrected chi connectivity index (χ2v) is 5.71. The number of nitrogens with zero attached hydrogens (tertiary/aromatic N) is 2. The number of aryl methyl sites for hydroxylation is 2. The maximum atomic E-state index is 12.2. The highest BCUT2D eigenvalue weighted by atomic mass is 16.6. The van der Waals surface area contributed by atoms with Gasteiger partial charge in [0, 0.05) is 11.8 Å². The van der Waals surface area contributed by atoms with Gasteiger partial charge < -0.3 is 9.47 Å². The van der Waals surface area contributed by atoms with Crippen molar-refractivity contribution in [2.45, 2.75) is 20.5 Å². The van der Waals surface area contributed by atoms with Crippen LogP contribution in [-0.2, 0) is 16.1 Å². The molecule has 25 heavy (non-hydrogen) atoms. The van der Waals surface area contributed by atoms with Crippen molar-refractivity contribution in [2.24, 2.45) is 0 Å². The number of aromatic nitrogens is 2. The lowest BCUT2D eigenvalue weighted by Crippen LogP contribution is -2.19. The Balaban J connectivity index is 1.62. The molecule has 0 aliphatic rings. The van der Waals surface area contributed by atoms with E-state index in [2.05, 4.69) is 4.98 Å². The standard InChI is InChI=1S/C19H18N2O4/c1-13-5-3-7-16(9-13)24-12-19(23)25-11-15-10-18(22)21-14(2)6-4-8-17(21)20-15/h3-10H,11-12H2,1-2H3. The lowest BCUT2D eigenvalue weighted by molar-refractivity contribution is -0.147. The minimum Gasteiger partial charge on any atom is -0.482 e. The van der Waals surface area contributed by atoms with Crippen LogP contribution in [0.1, 0.15) is 17.0 Å². The van der Waals surface area contributed by atoms with Crippen LogP contribution in [0.5, 0.6) is 5.75 Å². The van der Waals surface area contributed by atoms with Crippen molar-refractivity contribution in [3.8, 4) is 5.75 Å². The Morgan fingerprint density at radius 1 is 1.12 bits per heavy atom. The molecule has 0 N–H and O–H groups in total. The molecule has 3 rings (SSSR count). The van der Waals surface area contributed by atoms with E-state index in [4.69, 9.17) is 9.47 Å². The summed E-state index contributed by atoms with van der Waals surface area (Å²) in [4.78, 5) is 28.3. The number of fused-ring (bicyclic) bond motifs is 1. The maximum Gasteiger partial charge on any atom is 0.344 e. The SMILES string of the molecule is Cc1cccc(OCC(=O)OCc2cc(=O)n3c(C)cccc3n2)c1. The van der Waals surface area contributed by atoms with Crippen molar-refractivity contribution in [1.82, 2.24) is 9.38 Å². The third kappa shape index (κ3) is 4.03. The molecule has 0 amide bonds. The molecule has 2 heterocycles. The largest absolute Gasteiger partial charge is 0.482 e. The van der Waals surface area contributed by atoms with Crippen LogP contribution in [0.25, 0.3) is 5.65 Å². The summed E-state index contributed by atoms with van der Waals surface area (Å²) in [6.07, 6.45) is 0. The Morgan fingerprint density at radius 3 is 2.72 bits per heavy atom. The number of pyridine rings is 1. The number of esters is 1. The fourth-order valence-corrected chi connectivity index (χ4v) is 2.48. The topological polar surface area (TPSA) is 69.9 Å². The van der Waals surface area contributed by atoms with E-state index < -0.39 is 5.97 Å². The maximum absolute atomic E-state index is 12.2. The van der Waals surface area contributed by atoms with Gasteiger partial charge in [0.1, 0.15) is 18.0 Å². The molecule has 0 radical (unpaired) electrons. The predicted molar refractivity (Wildman–Crippen MR) is 92.7 cm³/mol.